The van der Waals surface area contributed by atoms with Gasteiger partial charge in [-0.2, -0.15) is 0 Å². The summed E-state index contributed by atoms with van der Waals surface area (Å²) < 4.78 is 0. The number of amides is 1. The molecule has 1 aliphatic rings. The maximum absolute atomic E-state index is 12.5. The number of nitrogens with zero attached hydrogens (tertiary/aromatic N) is 1. The van der Waals surface area contributed by atoms with E-state index in [2.05, 4.69) is 34.6 Å². The highest BCUT2D eigenvalue weighted by atomic mass is 16.2. The van der Waals surface area contributed by atoms with Crippen LogP contribution in [0.1, 0.15) is 18.5 Å². The molecule has 4 nitrogen and oxygen atoms in total. The van der Waals surface area contributed by atoms with Gasteiger partial charge < -0.3 is 15.5 Å². The Kier molecular flexibility index (Phi) is 5.15. The van der Waals surface area contributed by atoms with Gasteiger partial charge in [0.1, 0.15) is 0 Å². The number of carbonyl (C=O) groups is 1. The van der Waals surface area contributed by atoms with Gasteiger partial charge in [-0.05, 0) is 32.1 Å². The topological polar surface area (TPSA) is 44.4 Å². The van der Waals surface area contributed by atoms with E-state index in [1.54, 1.807) is 0 Å². The molecular formula is C16H25N3O. The van der Waals surface area contributed by atoms with Gasteiger partial charge in [0.2, 0.25) is 5.91 Å². The highest BCUT2D eigenvalue weighted by Crippen LogP contribution is 2.19. The third-order valence-electron chi connectivity index (χ3n) is 3.92. The summed E-state index contributed by atoms with van der Waals surface area (Å²) in [6, 6.07) is 10.2. The molecule has 2 rings (SSSR count). The Morgan fingerprint density at radius 1 is 1.35 bits per heavy atom. The molecule has 0 radical (unpaired) electrons. The molecule has 20 heavy (non-hydrogen) atoms. The van der Waals surface area contributed by atoms with Crippen LogP contribution in [-0.2, 0) is 4.79 Å². The van der Waals surface area contributed by atoms with Crippen LogP contribution in [-0.4, -0.2) is 44.5 Å². The average molecular weight is 275 g/mol. The maximum atomic E-state index is 12.5. The van der Waals surface area contributed by atoms with E-state index in [1.165, 1.54) is 0 Å². The van der Waals surface area contributed by atoms with Crippen molar-refractivity contribution >= 4 is 5.91 Å². The molecule has 2 N–H and O–H groups in total. The van der Waals surface area contributed by atoms with Crippen molar-refractivity contribution in [1.29, 1.82) is 0 Å². The minimum Gasteiger partial charge on any atom is -0.348 e. The fourth-order valence-corrected chi connectivity index (χ4v) is 2.72. The summed E-state index contributed by atoms with van der Waals surface area (Å²) in [4.78, 5) is 14.6. The third kappa shape index (κ3) is 3.81. The first-order valence-electron chi connectivity index (χ1n) is 7.28. The lowest BCUT2D eigenvalue weighted by Crippen LogP contribution is -2.40. The summed E-state index contributed by atoms with van der Waals surface area (Å²) in [5.41, 5.74) is 1.16. The average Bonchev–Trinajstić information content (AvgIpc) is 2.85. The van der Waals surface area contributed by atoms with Crippen molar-refractivity contribution in [2.24, 2.45) is 11.8 Å². The second-order valence-corrected chi connectivity index (χ2v) is 5.98. The van der Waals surface area contributed by atoms with Gasteiger partial charge in [-0.15, -0.1) is 0 Å². The summed E-state index contributed by atoms with van der Waals surface area (Å²) in [6.07, 6.45) is 0. The van der Waals surface area contributed by atoms with Crippen molar-refractivity contribution in [3.63, 3.8) is 0 Å². The number of hydrogen-bond donors (Lipinski definition) is 2. The molecule has 1 aromatic carbocycles. The molecule has 0 spiro atoms. The predicted octanol–water partition coefficient (Wildman–Crippen LogP) is 1.26. The fourth-order valence-electron chi connectivity index (χ4n) is 2.72. The van der Waals surface area contributed by atoms with Gasteiger partial charge in [-0.1, -0.05) is 37.3 Å². The largest absolute Gasteiger partial charge is 0.348 e. The number of benzene rings is 1. The lowest BCUT2D eigenvalue weighted by atomic mass is 9.96. The van der Waals surface area contributed by atoms with E-state index >= 15 is 0 Å². The molecule has 3 atom stereocenters. The molecule has 0 bridgehead atoms. The minimum absolute atomic E-state index is 0.0477. The number of hydrogen-bond acceptors (Lipinski definition) is 3. The van der Waals surface area contributed by atoms with E-state index in [0.717, 1.165) is 25.2 Å². The second kappa shape index (κ2) is 6.86. The monoisotopic (exact) mass is 275 g/mol. The van der Waals surface area contributed by atoms with Crippen LogP contribution < -0.4 is 10.6 Å². The second-order valence-electron chi connectivity index (χ2n) is 5.98. The van der Waals surface area contributed by atoms with Gasteiger partial charge in [0.25, 0.3) is 0 Å². The molecule has 1 saturated heterocycles. The van der Waals surface area contributed by atoms with E-state index in [0.29, 0.717) is 5.92 Å². The van der Waals surface area contributed by atoms with E-state index in [-0.39, 0.29) is 17.9 Å². The first kappa shape index (κ1) is 15.0. The number of likely N-dealkylation sites (N-methyl/N-ethyl adjacent to an activating group) is 1. The molecule has 110 valence electrons. The van der Waals surface area contributed by atoms with Crippen LogP contribution in [0.25, 0.3) is 0 Å². The lowest BCUT2D eigenvalue weighted by Gasteiger charge is -2.25. The van der Waals surface area contributed by atoms with Crippen LogP contribution >= 0.6 is 0 Å². The van der Waals surface area contributed by atoms with Crippen molar-refractivity contribution in [2.75, 3.05) is 33.7 Å². The Labute approximate surface area is 121 Å². The molecule has 1 unspecified atom stereocenters. The molecule has 1 amide bonds. The lowest BCUT2D eigenvalue weighted by molar-refractivity contribution is -0.126. The van der Waals surface area contributed by atoms with E-state index in [1.807, 2.05) is 32.3 Å². The molecular weight excluding hydrogens is 250 g/mol. The van der Waals surface area contributed by atoms with Crippen LogP contribution in [0.5, 0.6) is 0 Å². The third-order valence-corrected chi connectivity index (χ3v) is 3.92. The molecule has 0 aromatic heterocycles. The van der Waals surface area contributed by atoms with Gasteiger partial charge in [0.15, 0.2) is 0 Å². The van der Waals surface area contributed by atoms with Crippen molar-refractivity contribution in [1.82, 2.24) is 15.5 Å². The maximum Gasteiger partial charge on any atom is 0.225 e. The SMILES string of the molecule is C[C@@H]1CNC[C@H]1C(=O)NC(CN(C)C)c1ccccc1. The number of rotatable bonds is 5. The molecule has 1 aromatic rings. The first-order valence-corrected chi connectivity index (χ1v) is 7.28. The Morgan fingerprint density at radius 3 is 2.60 bits per heavy atom. The standard InChI is InChI=1S/C16H25N3O/c1-12-9-17-10-14(12)16(20)18-15(11-19(2)3)13-7-5-4-6-8-13/h4-8,12,14-15,17H,9-11H2,1-3H3,(H,18,20)/t12-,14-,15?/m1/s1. The van der Waals surface area contributed by atoms with Gasteiger partial charge in [0, 0.05) is 13.1 Å². The summed E-state index contributed by atoms with van der Waals surface area (Å²) in [5.74, 6) is 0.660. The van der Waals surface area contributed by atoms with Crippen molar-refractivity contribution in [3.8, 4) is 0 Å². The first-order chi connectivity index (χ1) is 9.58. The summed E-state index contributed by atoms with van der Waals surface area (Å²) in [6.45, 7) is 4.66. The normalized spacial score (nSPS) is 23.8. The Balaban J connectivity index is 2.06. The van der Waals surface area contributed by atoms with Gasteiger partial charge in [0.05, 0.1) is 12.0 Å². The zero-order chi connectivity index (χ0) is 14.5. The van der Waals surface area contributed by atoms with E-state index in [9.17, 15) is 4.79 Å². The van der Waals surface area contributed by atoms with Crippen LogP contribution in [0.2, 0.25) is 0 Å². The molecule has 0 aliphatic carbocycles. The van der Waals surface area contributed by atoms with Crippen molar-refractivity contribution in [3.05, 3.63) is 35.9 Å². The van der Waals surface area contributed by atoms with Crippen LogP contribution in [0, 0.1) is 11.8 Å². The van der Waals surface area contributed by atoms with Gasteiger partial charge in [-0.25, -0.2) is 0 Å². The fraction of sp³-hybridized carbons (Fsp3) is 0.562. The zero-order valence-corrected chi connectivity index (χ0v) is 12.6. The summed E-state index contributed by atoms with van der Waals surface area (Å²) >= 11 is 0. The van der Waals surface area contributed by atoms with Crippen LogP contribution in [0.4, 0.5) is 0 Å². The van der Waals surface area contributed by atoms with Crippen LogP contribution in [0.3, 0.4) is 0 Å². The van der Waals surface area contributed by atoms with Crippen molar-refractivity contribution in [2.45, 2.75) is 13.0 Å². The number of nitrogens with one attached hydrogen (secondary N) is 2. The molecule has 1 aliphatic heterocycles. The molecule has 4 heteroatoms. The highest BCUT2D eigenvalue weighted by molar-refractivity contribution is 5.80. The van der Waals surface area contributed by atoms with Crippen molar-refractivity contribution < 1.29 is 4.79 Å². The Bertz CT molecular complexity index is 433. The van der Waals surface area contributed by atoms with E-state index < -0.39 is 0 Å². The van der Waals surface area contributed by atoms with E-state index in [4.69, 9.17) is 0 Å². The summed E-state index contributed by atoms with van der Waals surface area (Å²) in [5, 5.41) is 6.50. The Morgan fingerprint density at radius 2 is 2.05 bits per heavy atom. The molecule has 1 fully saturated rings. The minimum atomic E-state index is 0.0477. The predicted molar refractivity (Wildman–Crippen MR) is 81.4 cm³/mol. The highest BCUT2D eigenvalue weighted by Gasteiger charge is 2.30. The Hall–Kier alpha value is -1.39. The van der Waals surface area contributed by atoms with Gasteiger partial charge >= 0.3 is 0 Å². The zero-order valence-electron chi connectivity index (χ0n) is 12.6. The van der Waals surface area contributed by atoms with Crippen LogP contribution in [0.15, 0.2) is 30.3 Å². The quantitative estimate of drug-likeness (QED) is 0.850. The molecule has 0 saturated carbocycles. The number of carbonyl (C=O) groups excluding carboxylic acids is 1. The van der Waals surface area contributed by atoms with Gasteiger partial charge in [-0.3, -0.25) is 4.79 Å². The molecule has 1 heterocycles. The summed E-state index contributed by atoms with van der Waals surface area (Å²) in [7, 11) is 4.06. The smallest absolute Gasteiger partial charge is 0.225 e.